The Bertz CT molecular complexity index is 616. The lowest BCUT2D eigenvalue weighted by Gasteiger charge is -2.32. The monoisotopic (exact) mass is 350 g/mol. The molecule has 0 saturated carbocycles. The maximum absolute atomic E-state index is 12.7. The van der Waals surface area contributed by atoms with E-state index in [9.17, 15) is 9.59 Å². The van der Waals surface area contributed by atoms with Crippen LogP contribution in [0.3, 0.4) is 0 Å². The van der Waals surface area contributed by atoms with Crippen molar-refractivity contribution in [2.24, 2.45) is 5.92 Å². The number of benzene rings is 1. The summed E-state index contributed by atoms with van der Waals surface area (Å²) in [5, 5.41) is 3.39. The van der Waals surface area contributed by atoms with Gasteiger partial charge < -0.3 is 10.2 Å². The highest BCUT2D eigenvalue weighted by molar-refractivity contribution is 6.31. The molecule has 0 aliphatic carbocycles. The summed E-state index contributed by atoms with van der Waals surface area (Å²) in [7, 11) is 1.66. The lowest BCUT2D eigenvalue weighted by Crippen LogP contribution is -2.49. The fraction of sp³-hybridized carbons (Fsp3) is 0.529. The van der Waals surface area contributed by atoms with Crippen molar-refractivity contribution < 1.29 is 9.59 Å². The molecule has 2 fully saturated rings. The van der Waals surface area contributed by atoms with Crippen LogP contribution < -0.4 is 16.2 Å². The molecule has 0 spiro atoms. The van der Waals surface area contributed by atoms with Crippen molar-refractivity contribution in [2.45, 2.75) is 31.3 Å². The Morgan fingerprint density at radius 3 is 2.58 bits per heavy atom. The number of rotatable bonds is 3. The van der Waals surface area contributed by atoms with Gasteiger partial charge in [0.1, 0.15) is 6.04 Å². The Hall–Kier alpha value is -1.63. The van der Waals surface area contributed by atoms with Gasteiger partial charge in [-0.15, -0.1) is 0 Å². The van der Waals surface area contributed by atoms with Crippen molar-refractivity contribution in [2.75, 3.05) is 20.1 Å². The average molecular weight is 351 g/mol. The van der Waals surface area contributed by atoms with E-state index < -0.39 is 0 Å². The predicted molar refractivity (Wildman–Crippen MR) is 92.2 cm³/mol. The number of carbonyl (C=O) groups is 2. The number of hydrogen-bond donors (Lipinski definition) is 3. The summed E-state index contributed by atoms with van der Waals surface area (Å²) in [6.07, 6.45) is 2.11. The van der Waals surface area contributed by atoms with Crippen molar-refractivity contribution in [3.8, 4) is 0 Å². The number of carbonyl (C=O) groups excluding carboxylic acids is 2. The summed E-state index contributed by atoms with van der Waals surface area (Å²) in [6, 6.07) is 7.44. The Morgan fingerprint density at radius 1 is 1.21 bits per heavy atom. The van der Waals surface area contributed by atoms with Crippen LogP contribution in [-0.4, -0.2) is 42.9 Å². The highest BCUT2D eigenvalue weighted by atomic mass is 35.5. The molecule has 1 aromatic carbocycles. The van der Waals surface area contributed by atoms with Gasteiger partial charge in [0.15, 0.2) is 0 Å². The van der Waals surface area contributed by atoms with Gasteiger partial charge in [0.25, 0.3) is 0 Å². The molecule has 6 nitrogen and oxygen atoms in total. The van der Waals surface area contributed by atoms with Crippen molar-refractivity contribution in [1.82, 2.24) is 21.1 Å². The van der Waals surface area contributed by atoms with Crippen LogP contribution in [0.1, 0.15) is 30.9 Å². The van der Waals surface area contributed by atoms with E-state index in [0.29, 0.717) is 24.5 Å². The number of halogens is 1. The van der Waals surface area contributed by atoms with E-state index >= 15 is 0 Å². The van der Waals surface area contributed by atoms with Gasteiger partial charge in [-0.1, -0.05) is 29.8 Å². The second-order valence-corrected chi connectivity index (χ2v) is 6.77. The molecule has 0 radical (unpaired) electrons. The van der Waals surface area contributed by atoms with Gasteiger partial charge >= 0.3 is 0 Å². The van der Waals surface area contributed by atoms with Gasteiger partial charge in [0, 0.05) is 37.1 Å². The van der Waals surface area contributed by atoms with Crippen molar-refractivity contribution in [1.29, 1.82) is 0 Å². The summed E-state index contributed by atoms with van der Waals surface area (Å²) in [4.78, 5) is 26.2. The quantitative estimate of drug-likeness (QED) is 0.766. The number of hydrazine groups is 1. The molecule has 2 amide bonds. The number of nitrogens with zero attached hydrogens (tertiary/aromatic N) is 1. The minimum absolute atomic E-state index is 0.0181. The SMILES string of the molecule is CNC(=O)C1CCN(C(=O)C2CC(c3ccccc3Cl)NN2)CC1. The molecular weight excluding hydrogens is 328 g/mol. The van der Waals surface area contributed by atoms with Gasteiger partial charge in [0.2, 0.25) is 11.8 Å². The van der Waals surface area contributed by atoms with Crippen molar-refractivity contribution >= 4 is 23.4 Å². The molecule has 2 saturated heterocycles. The fourth-order valence-corrected chi connectivity index (χ4v) is 3.73. The van der Waals surface area contributed by atoms with E-state index in [2.05, 4.69) is 16.2 Å². The lowest BCUT2D eigenvalue weighted by atomic mass is 9.95. The van der Waals surface area contributed by atoms with Crippen molar-refractivity contribution in [3.05, 3.63) is 34.9 Å². The van der Waals surface area contributed by atoms with Crippen LogP contribution in [0.5, 0.6) is 0 Å². The molecule has 130 valence electrons. The number of piperidine rings is 1. The van der Waals surface area contributed by atoms with Crippen LogP contribution in [-0.2, 0) is 9.59 Å². The van der Waals surface area contributed by atoms with Gasteiger partial charge in [-0.3, -0.25) is 9.59 Å². The second kappa shape index (κ2) is 7.51. The first-order valence-corrected chi connectivity index (χ1v) is 8.73. The normalized spacial score (nSPS) is 24.8. The number of hydrogen-bond acceptors (Lipinski definition) is 4. The molecule has 2 aliphatic rings. The third-order valence-corrected chi connectivity index (χ3v) is 5.25. The summed E-state index contributed by atoms with van der Waals surface area (Å²) >= 11 is 6.24. The molecule has 2 atom stereocenters. The van der Waals surface area contributed by atoms with Crippen LogP contribution in [0.4, 0.5) is 0 Å². The van der Waals surface area contributed by atoms with E-state index in [1.54, 1.807) is 7.05 Å². The van der Waals surface area contributed by atoms with Crippen LogP contribution in [0, 0.1) is 5.92 Å². The lowest BCUT2D eigenvalue weighted by molar-refractivity contribution is -0.137. The fourth-order valence-electron chi connectivity index (χ4n) is 3.47. The Morgan fingerprint density at radius 2 is 1.92 bits per heavy atom. The predicted octanol–water partition coefficient (Wildman–Crippen LogP) is 1.23. The number of nitrogens with one attached hydrogen (secondary N) is 3. The first-order chi connectivity index (χ1) is 11.6. The second-order valence-electron chi connectivity index (χ2n) is 6.36. The van der Waals surface area contributed by atoms with E-state index in [1.165, 1.54) is 0 Å². The van der Waals surface area contributed by atoms with Gasteiger partial charge in [-0.05, 0) is 30.9 Å². The molecule has 3 rings (SSSR count). The minimum atomic E-state index is -0.261. The summed E-state index contributed by atoms with van der Waals surface area (Å²) in [6.45, 7) is 1.26. The average Bonchev–Trinajstić information content (AvgIpc) is 3.11. The molecule has 1 aromatic rings. The summed E-state index contributed by atoms with van der Waals surface area (Å²) in [5.74, 6) is 0.179. The highest BCUT2D eigenvalue weighted by Gasteiger charge is 2.35. The molecule has 24 heavy (non-hydrogen) atoms. The molecule has 0 aromatic heterocycles. The molecular formula is C17H23ClN4O2. The van der Waals surface area contributed by atoms with E-state index in [1.807, 2.05) is 29.2 Å². The first-order valence-electron chi connectivity index (χ1n) is 8.36. The van der Waals surface area contributed by atoms with Gasteiger partial charge in [0.05, 0.1) is 0 Å². The molecule has 2 unspecified atom stereocenters. The first kappa shape index (κ1) is 17.2. The molecule has 2 aliphatic heterocycles. The molecule has 0 bridgehead atoms. The van der Waals surface area contributed by atoms with Crippen molar-refractivity contribution in [3.63, 3.8) is 0 Å². The molecule has 3 N–H and O–H groups in total. The van der Waals surface area contributed by atoms with Crippen LogP contribution in [0.25, 0.3) is 0 Å². The maximum Gasteiger partial charge on any atom is 0.241 e. The maximum atomic E-state index is 12.7. The topological polar surface area (TPSA) is 73.5 Å². The van der Waals surface area contributed by atoms with E-state index in [0.717, 1.165) is 18.4 Å². The third-order valence-electron chi connectivity index (χ3n) is 4.91. The van der Waals surface area contributed by atoms with Crippen LogP contribution >= 0.6 is 11.6 Å². The van der Waals surface area contributed by atoms with Crippen LogP contribution in [0.15, 0.2) is 24.3 Å². The number of amides is 2. The van der Waals surface area contributed by atoms with Gasteiger partial charge in [-0.2, -0.15) is 0 Å². The molecule has 7 heteroatoms. The Labute approximate surface area is 146 Å². The summed E-state index contributed by atoms with van der Waals surface area (Å²) < 4.78 is 0. The van der Waals surface area contributed by atoms with Crippen LogP contribution in [0.2, 0.25) is 5.02 Å². The zero-order valence-corrected chi connectivity index (χ0v) is 14.5. The third kappa shape index (κ3) is 3.55. The summed E-state index contributed by atoms with van der Waals surface area (Å²) in [5.41, 5.74) is 7.27. The van der Waals surface area contributed by atoms with E-state index in [4.69, 9.17) is 11.6 Å². The Balaban J connectivity index is 1.56. The largest absolute Gasteiger partial charge is 0.359 e. The zero-order valence-electron chi connectivity index (χ0n) is 13.7. The smallest absolute Gasteiger partial charge is 0.241 e. The van der Waals surface area contributed by atoms with E-state index in [-0.39, 0.29) is 29.8 Å². The zero-order chi connectivity index (χ0) is 17.1. The number of likely N-dealkylation sites (tertiary alicyclic amines) is 1. The minimum Gasteiger partial charge on any atom is -0.359 e. The molecule has 2 heterocycles. The Kier molecular flexibility index (Phi) is 5.38. The van der Waals surface area contributed by atoms with Gasteiger partial charge in [-0.25, -0.2) is 10.9 Å². The standard InChI is InChI=1S/C17H23ClN4O2/c1-19-16(23)11-6-8-22(9-7-11)17(24)15-10-14(20-21-15)12-4-2-3-5-13(12)18/h2-5,11,14-15,20-21H,6-10H2,1H3,(H,19,23). The highest BCUT2D eigenvalue weighted by Crippen LogP contribution is 2.29.